The van der Waals surface area contributed by atoms with Crippen LogP contribution >= 0.6 is 0 Å². The average Bonchev–Trinajstić information content (AvgIpc) is 3.51. The molecule has 7 heteroatoms. The van der Waals surface area contributed by atoms with E-state index in [1.807, 2.05) is 12.1 Å². The highest BCUT2D eigenvalue weighted by Gasteiger charge is 2.34. The normalized spacial score (nSPS) is 20.4. The monoisotopic (exact) mass is 443 g/mol. The molecule has 2 aliphatic carbocycles. The van der Waals surface area contributed by atoms with Gasteiger partial charge in [0, 0.05) is 0 Å². The highest BCUT2D eigenvalue weighted by molar-refractivity contribution is 5.74. The number of rotatable bonds is 6. The molecule has 2 aliphatic rings. The van der Waals surface area contributed by atoms with Gasteiger partial charge in [0.2, 0.25) is 0 Å². The Morgan fingerprint density at radius 1 is 0.606 bits per heavy atom. The van der Waals surface area contributed by atoms with Crippen molar-refractivity contribution in [3.63, 3.8) is 0 Å². The molecule has 0 spiro atoms. The molecule has 1 N–H and O–H groups in total. The summed E-state index contributed by atoms with van der Waals surface area (Å²) < 4.78 is 4.31. The zero-order valence-electron chi connectivity index (χ0n) is 19.2. The molecule has 7 nitrogen and oxygen atoms in total. The van der Waals surface area contributed by atoms with E-state index in [0.717, 1.165) is 22.1 Å². The Balaban J connectivity index is 1.43. The lowest BCUT2D eigenvalue weighted by molar-refractivity contribution is 0.114. The minimum Gasteiger partial charge on any atom is -0.273 e. The third kappa shape index (κ3) is 4.03. The summed E-state index contributed by atoms with van der Waals surface area (Å²) in [5, 5.41) is 22.5. The van der Waals surface area contributed by atoms with Crippen molar-refractivity contribution in [3.05, 3.63) is 48.5 Å². The SMILES string of the molecule is c1ccc2c(c1)nnn2C(NC(C1CCCCC1)n1nnc2ccccc21)C1CCCCC1. The average molecular weight is 444 g/mol. The van der Waals surface area contributed by atoms with Crippen LogP contribution in [0.15, 0.2) is 48.5 Å². The Kier molecular flexibility index (Phi) is 5.80. The molecule has 2 saturated carbocycles. The third-order valence-corrected chi connectivity index (χ3v) is 7.82. The van der Waals surface area contributed by atoms with Crippen molar-refractivity contribution in [3.8, 4) is 0 Å². The van der Waals surface area contributed by atoms with Gasteiger partial charge >= 0.3 is 0 Å². The summed E-state index contributed by atoms with van der Waals surface area (Å²) in [5.74, 6) is 1.06. The number of hydrogen-bond donors (Lipinski definition) is 1. The molecular formula is C26H33N7. The van der Waals surface area contributed by atoms with E-state index in [1.165, 1.54) is 64.2 Å². The molecular weight excluding hydrogens is 410 g/mol. The van der Waals surface area contributed by atoms with Crippen LogP contribution in [0.25, 0.3) is 22.1 Å². The van der Waals surface area contributed by atoms with Crippen LogP contribution in [0.3, 0.4) is 0 Å². The van der Waals surface area contributed by atoms with Crippen LogP contribution in [0.1, 0.15) is 76.5 Å². The second-order valence-electron chi connectivity index (χ2n) is 9.90. The second kappa shape index (κ2) is 9.21. The largest absolute Gasteiger partial charge is 0.273 e. The van der Waals surface area contributed by atoms with Gasteiger partial charge in [-0.25, -0.2) is 9.36 Å². The maximum Gasteiger partial charge on any atom is 0.113 e. The van der Waals surface area contributed by atoms with Crippen molar-refractivity contribution >= 4 is 22.1 Å². The predicted molar refractivity (Wildman–Crippen MR) is 129 cm³/mol. The van der Waals surface area contributed by atoms with Crippen molar-refractivity contribution in [2.24, 2.45) is 11.8 Å². The first kappa shape index (κ1) is 20.8. The molecule has 0 bridgehead atoms. The lowest BCUT2D eigenvalue weighted by Crippen LogP contribution is -2.43. The number of nitrogens with zero attached hydrogens (tertiary/aromatic N) is 6. The fourth-order valence-corrected chi connectivity index (χ4v) is 6.07. The van der Waals surface area contributed by atoms with E-state index in [4.69, 9.17) is 0 Å². The zero-order valence-corrected chi connectivity index (χ0v) is 19.2. The quantitative estimate of drug-likeness (QED) is 0.418. The van der Waals surface area contributed by atoms with E-state index in [0.29, 0.717) is 11.8 Å². The fraction of sp³-hybridized carbons (Fsp3) is 0.538. The van der Waals surface area contributed by atoms with E-state index in [9.17, 15) is 0 Å². The van der Waals surface area contributed by atoms with Crippen LogP contribution in [0.2, 0.25) is 0 Å². The molecule has 4 aromatic rings. The summed E-state index contributed by atoms with van der Waals surface area (Å²) in [6, 6.07) is 16.7. The van der Waals surface area contributed by atoms with E-state index in [-0.39, 0.29) is 12.3 Å². The van der Waals surface area contributed by atoms with Gasteiger partial charge in [-0.15, -0.1) is 10.2 Å². The molecule has 2 aromatic carbocycles. The summed E-state index contributed by atoms with van der Waals surface area (Å²) in [4.78, 5) is 0. The molecule has 2 aromatic heterocycles. The standard InChI is InChI=1S/C26H33N7/c1-3-11-19(12-4-1)25(32-23-17-9-7-15-21(23)28-30-32)27-26(20-13-5-2-6-14-20)33-24-18-10-8-16-22(24)29-31-33/h7-10,15-20,25-27H,1-6,11-14H2. The summed E-state index contributed by atoms with van der Waals surface area (Å²) in [6.45, 7) is 0. The molecule has 33 heavy (non-hydrogen) atoms. The van der Waals surface area contributed by atoms with Gasteiger partial charge in [0.05, 0.1) is 11.0 Å². The number of benzene rings is 2. The van der Waals surface area contributed by atoms with Gasteiger partial charge < -0.3 is 0 Å². The van der Waals surface area contributed by atoms with E-state index in [2.05, 4.69) is 71.7 Å². The smallest absolute Gasteiger partial charge is 0.113 e. The Morgan fingerprint density at radius 2 is 1.03 bits per heavy atom. The Hall–Kier alpha value is -2.80. The number of fused-ring (bicyclic) bond motifs is 2. The number of hydrogen-bond acceptors (Lipinski definition) is 5. The van der Waals surface area contributed by atoms with Crippen molar-refractivity contribution in [2.75, 3.05) is 0 Å². The molecule has 172 valence electrons. The minimum atomic E-state index is 0.0904. The van der Waals surface area contributed by atoms with Gasteiger partial charge in [0.1, 0.15) is 23.4 Å². The Labute approximate surface area is 194 Å². The van der Waals surface area contributed by atoms with Crippen LogP contribution in [0.4, 0.5) is 0 Å². The van der Waals surface area contributed by atoms with Crippen LogP contribution < -0.4 is 5.32 Å². The maximum atomic E-state index is 4.67. The summed E-state index contributed by atoms with van der Waals surface area (Å²) in [5.41, 5.74) is 4.12. The number of para-hydroxylation sites is 2. The topological polar surface area (TPSA) is 73.5 Å². The van der Waals surface area contributed by atoms with Crippen LogP contribution in [-0.2, 0) is 0 Å². The molecule has 0 aliphatic heterocycles. The molecule has 2 heterocycles. The van der Waals surface area contributed by atoms with Crippen molar-refractivity contribution in [1.82, 2.24) is 35.3 Å². The molecule has 2 unspecified atom stereocenters. The first-order chi connectivity index (χ1) is 16.4. The second-order valence-corrected chi connectivity index (χ2v) is 9.90. The predicted octanol–water partition coefficient (Wildman–Crippen LogP) is 5.62. The first-order valence-electron chi connectivity index (χ1n) is 12.7. The van der Waals surface area contributed by atoms with Gasteiger partial charge in [0.25, 0.3) is 0 Å². The highest BCUT2D eigenvalue weighted by Crippen LogP contribution is 2.38. The summed E-state index contributed by atoms with van der Waals surface area (Å²) >= 11 is 0. The third-order valence-electron chi connectivity index (χ3n) is 7.82. The summed E-state index contributed by atoms with van der Waals surface area (Å²) in [7, 11) is 0. The number of nitrogens with one attached hydrogen (secondary N) is 1. The van der Waals surface area contributed by atoms with Crippen LogP contribution in [0, 0.1) is 11.8 Å². The van der Waals surface area contributed by atoms with E-state index < -0.39 is 0 Å². The minimum absolute atomic E-state index is 0.0904. The Bertz CT molecular complexity index is 1110. The van der Waals surface area contributed by atoms with Gasteiger partial charge in [-0.05, 0) is 61.8 Å². The van der Waals surface area contributed by atoms with Gasteiger partial charge in [0.15, 0.2) is 0 Å². The lowest BCUT2D eigenvalue weighted by atomic mass is 9.84. The van der Waals surface area contributed by atoms with Crippen LogP contribution in [-0.4, -0.2) is 30.0 Å². The molecule has 2 fully saturated rings. The van der Waals surface area contributed by atoms with E-state index >= 15 is 0 Å². The maximum absolute atomic E-state index is 4.67. The molecule has 2 atom stereocenters. The number of aromatic nitrogens is 6. The van der Waals surface area contributed by atoms with E-state index in [1.54, 1.807) is 0 Å². The van der Waals surface area contributed by atoms with Crippen molar-refractivity contribution in [2.45, 2.75) is 76.5 Å². The summed E-state index contributed by atoms with van der Waals surface area (Å²) in [6.07, 6.45) is 12.9. The fourth-order valence-electron chi connectivity index (χ4n) is 6.07. The molecule has 0 radical (unpaired) electrons. The first-order valence-corrected chi connectivity index (χ1v) is 12.7. The zero-order chi connectivity index (χ0) is 22.0. The van der Waals surface area contributed by atoms with Gasteiger partial charge in [-0.2, -0.15) is 0 Å². The molecule has 0 amide bonds. The van der Waals surface area contributed by atoms with Crippen LogP contribution in [0.5, 0.6) is 0 Å². The molecule has 0 saturated heterocycles. The van der Waals surface area contributed by atoms with Gasteiger partial charge in [-0.1, -0.05) is 73.2 Å². The van der Waals surface area contributed by atoms with Crippen molar-refractivity contribution in [1.29, 1.82) is 0 Å². The van der Waals surface area contributed by atoms with Gasteiger partial charge in [-0.3, -0.25) is 5.32 Å². The highest BCUT2D eigenvalue weighted by atomic mass is 15.5. The molecule has 6 rings (SSSR count). The van der Waals surface area contributed by atoms with Crippen molar-refractivity contribution < 1.29 is 0 Å². The Morgan fingerprint density at radius 3 is 1.48 bits per heavy atom. The lowest BCUT2D eigenvalue weighted by Gasteiger charge is -2.38.